The highest BCUT2D eigenvalue weighted by Gasteiger charge is 2.24. The molecular formula is C14H11NO3S. The van der Waals surface area contributed by atoms with Gasteiger partial charge in [-0.05, 0) is 30.5 Å². The molecule has 96 valence electrons. The molecule has 0 amide bonds. The number of benzene rings is 1. The number of rotatable bonds is 1. The lowest BCUT2D eigenvalue weighted by Gasteiger charge is -2.14. The van der Waals surface area contributed by atoms with Gasteiger partial charge in [0.1, 0.15) is 0 Å². The van der Waals surface area contributed by atoms with Crippen molar-refractivity contribution in [3.8, 4) is 0 Å². The number of anilines is 1. The van der Waals surface area contributed by atoms with E-state index in [-0.39, 0.29) is 10.7 Å². The van der Waals surface area contributed by atoms with Crippen LogP contribution < -0.4 is 4.72 Å². The van der Waals surface area contributed by atoms with Crippen LogP contribution in [0.4, 0.5) is 5.69 Å². The minimum atomic E-state index is -0.970. The Morgan fingerprint density at radius 3 is 3.00 bits per heavy atom. The van der Waals surface area contributed by atoms with E-state index in [1.807, 2.05) is 12.2 Å². The van der Waals surface area contributed by atoms with Crippen molar-refractivity contribution in [2.45, 2.75) is 12.8 Å². The fraction of sp³-hybridized carbons (Fsp3) is 0.143. The van der Waals surface area contributed by atoms with Gasteiger partial charge in [-0.25, -0.2) is 4.79 Å². The Morgan fingerprint density at radius 1 is 1.37 bits per heavy atom. The Labute approximate surface area is 114 Å². The molecule has 1 heterocycles. The lowest BCUT2D eigenvalue weighted by Crippen LogP contribution is -2.01. The number of carboxylic acids is 1. The molecule has 0 radical (unpaired) electrons. The third kappa shape index (κ3) is 2.06. The average Bonchev–Trinajstić information content (AvgIpc) is 2.57. The number of carbonyl (C=O) groups is 2. The van der Waals surface area contributed by atoms with Crippen LogP contribution in [0.3, 0.4) is 0 Å². The normalized spacial score (nSPS) is 17.4. The molecule has 0 atom stereocenters. The summed E-state index contributed by atoms with van der Waals surface area (Å²) in [6.07, 6.45) is 5.56. The van der Waals surface area contributed by atoms with Crippen LogP contribution in [-0.4, -0.2) is 16.2 Å². The van der Waals surface area contributed by atoms with Crippen LogP contribution in [0.5, 0.6) is 0 Å². The van der Waals surface area contributed by atoms with Gasteiger partial charge in [0, 0.05) is 23.1 Å². The highest BCUT2D eigenvalue weighted by molar-refractivity contribution is 8.15. The molecule has 2 aliphatic rings. The smallest absolute Gasteiger partial charge is 0.335 e. The summed E-state index contributed by atoms with van der Waals surface area (Å²) < 4.78 is 2.95. The largest absolute Gasteiger partial charge is 0.478 e. The summed E-state index contributed by atoms with van der Waals surface area (Å²) in [7, 11) is 0. The summed E-state index contributed by atoms with van der Waals surface area (Å²) in [5.41, 5.74) is 3.54. The van der Waals surface area contributed by atoms with Crippen LogP contribution in [-0.2, 0) is 4.79 Å². The molecule has 0 unspecified atom stereocenters. The van der Waals surface area contributed by atoms with E-state index in [0.717, 1.165) is 35.9 Å². The van der Waals surface area contributed by atoms with Gasteiger partial charge in [-0.3, -0.25) is 4.79 Å². The summed E-state index contributed by atoms with van der Waals surface area (Å²) in [5.74, 6) is -0.970. The molecule has 2 N–H and O–H groups in total. The van der Waals surface area contributed by atoms with Gasteiger partial charge in [-0.2, -0.15) is 0 Å². The first kappa shape index (κ1) is 12.0. The van der Waals surface area contributed by atoms with Gasteiger partial charge < -0.3 is 9.83 Å². The minimum absolute atomic E-state index is 0.0287. The molecule has 1 aromatic rings. The predicted molar refractivity (Wildman–Crippen MR) is 74.9 cm³/mol. The van der Waals surface area contributed by atoms with Gasteiger partial charge in [-0.15, -0.1) is 0 Å². The Hall–Kier alpha value is -2.01. The minimum Gasteiger partial charge on any atom is -0.478 e. The van der Waals surface area contributed by atoms with Crippen molar-refractivity contribution in [1.29, 1.82) is 0 Å². The predicted octanol–water partition coefficient (Wildman–Crippen LogP) is 3.09. The molecule has 0 bridgehead atoms. The zero-order chi connectivity index (χ0) is 13.4. The molecular weight excluding hydrogens is 262 g/mol. The number of nitrogens with one attached hydrogen (secondary N) is 1. The van der Waals surface area contributed by atoms with E-state index < -0.39 is 5.97 Å². The summed E-state index contributed by atoms with van der Waals surface area (Å²) in [6.45, 7) is 0. The standard InChI is InChI=1S/C14H11NO3S/c16-13(17)8-5-6-10-9-3-1-2-4-11(9)14(18)19-15-12(10)7-8/h2,4-7,15H,1,3H2,(H,16,17). The van der Waals surface area contributed by atoms with Gasteiger partial charge >= 0.3 is 5.97 Å². The number of carboxylic acid groups (broad SMARTS) is 1. The van der Waals surface area contributed by atoms with E-state index in [0.29, 0.717) is 11.3 Å². The van der Waals surface area contributed by atoms with Crippen molar-refractivity contribution in [2.75, 3.05) is 4.72 Å². The van der Waals surface area contributed by atoms with Gasteiger partial charge in [-0.1, -0.05) is 18.2 Å². The maximum absolute atomic E-state index is 12.0. The molecule has 0 saturated heterocycles. The maximum atomic E-state index is 12.0. The average molecular weight is 273 g/mol. The zero-order valence-corrected chi connectivity index (χ0v) is 10.8. The lowest BCUT2D eigenvalue weighted by molar-refractivity contribution is -0.107. The molecule has 4 nitrogen and oxygen atoms in total. The highest BCUT2D eigenvalue weighted by atomic mass is 32.2. The Morgan fingerprint density at radius 2 is 2.21 bits per heavy atom. The number of carbonyl (C=O) groups excluding carboxylic acids is 1. The number of allylic oxidation sites excluding steroid dienone is 3. The van der Waals surface area contributed by atoms with Crippen LogP contribution in [0.25, 0.3) is 5.57 Å². The first-order chi connectivity index (χ1) is 9.16. The van der Waals surface area contributed by atoms with E-state index in [4.69, 9.17) is 5.11 Å². The van der Waals surface area contributed by atoms with Crippen LogP contribution >= 0.6 is 11.9 Å². The third-order valence-electron chi connectivity index (χ3n) is 3.24. The quantitative estimate of drug-likeness (QED) is 0.770. The van der Waals surface area contributed by atoms with E-state index >= 15 is 0 Å². The summed E-state index contributed by atoms with van der Waals surface area (Å²) in [5, 5.41) is 8.99. The lowest BCUT2D eigenvalue weighted by atomic mass is 9.90. The van der Waals surface area contributed by atoms with Crippen molar-refractivity contribution >= 4 is 34.3 Å². The Kier molecular flexibility index (Phi) is 2.91. The fourth-order valence-corrected chi connectivity index (χ4v) is 2.99. The maximum Gasteiger partial charge on any atom is 0.335 e. The van der Waals surface area contributed by atoms with E-state index in [2.05, 4.69) is 4.72 Å². The van der Waals surface area contributed by atoms with Crippen molar-refractivity contribution in [2.24, 2.45) is 0 Å². The van der Waals surface area contributed by atoms with Crippen molar-refractivity contribution in [3.63, 3.8) is 0 Å². The van der Waals surface area contributed by atoms with Crippen molar-refractivity contribution in [1.82, 2.24) is 0 Å². The van der Waals surface area contributed by atoms with Crippen LogP contribution in [0.1, 0.15) is 28.8 Å². The van der Waals surface area contributed by atoms with Gasteiger partial charge in [0.05, 0.1) is 11.3 Å². The fourth-order valence-electron chi connectivity index (χ4n) is 2.32. The second kappa shape index (κ2) is 4.59. The van der Waals surface area contributed by atoms with E-state index in [9.17, 15) is 9.59 Å². The second-order valence-electron chi connectivity index (χ2n) is 4.39. The van der Waals surface area contributed by atoms with Gasteiger partial charge in [0.25, 0.3) is 0 Å². The SMILES string of the molecule is O=C1SNc2cc(C(=O)O)ccc2C2=C1C=CCC2. The summed E-state index contributed by atoms with van der Waals surface area (Å²) >= 11 is 0.997. The van der Waals surface area contributed by atoms with Crippen molar-refractivity contribution in [3.05, 3.63) is 47.1 Å². The topological polar surface area (TPSA) is 66.4 Å². The number of hydrogen-bond donors (Lipinski definition) is 2. The number of hydrogen-bond acceptors (Lipinski definition) is 4. The van der Waals surface area contributed by atoms with E-state index in [1.165, 1.54) is 0 Å². The molecule has 1 aliphatic heterocycles. The van der Waals surface area contributed by atoms with Crippen LogP contribution in [0, 0.1) is 0 Å². The molecule has 1 aromatic carbocycles. The zero-order valence-electron chi connectivity index (χ0n) is 9.97. The molecule has 0 spiro atoms. The molecule has 0 aromatic heterocycles. The summed E-state index contributed by atoms with van der Waals surface area (Å²) in [6, 6.07) is 4.93. The van der Waals surface area contributed by atoms with Gasteiger partial charge in [0.2, 0.25) is 5.12 Å². The molecule has 0 fully saturated rings. The van der Waals surface area contributed by atoms with Gasteiger partial charge in [0.15, 0.2) is 0 Å². The highest BCUT2D eigenvalue weighted by Crippen LogP contribution is 2.39. The molecule has 3 rings (SSSR count). The Balaban J connectivity index is 2.18. The number of aromatic carboxylic acids is 1. The van der Waals surface area contributed by atoms with Crippen LogP contribution in [0.2, 0.25) is 0 Å². The molecule has 5 heteroatoms. The monoisotopic (exact) mass is 273 g/mol. The molecule has 1 aliphatic carbocycles. The number of fused-ring (bicyclic) bond motifs is 2. The van der Waals surface area contributed by atoms with Crippen LogP contribution in [0.15, 0.2) is 35.9 Å². The Bertz CT molecular complexity index is 646. The third-order valence-corrected chi connectivity index (χ3v) is 3.96. The summed E-state index contributed by atoms with van der Waals surface area (Å²) in [4.78, 5) is 23.0. The van der Waals surface area contributed by atoms with E-state index in [1.54, 1.807) is 18.2 Å². The second-order valence-corrected chi connectivity index (χ2v) is 5.17. The molecule has 0 saturated carbocycles. The van der Waals surface area contributed by atoms with Crippen molar-refractivity contribution < 1.29 is 14.7 Å². The molecule has 19 heavy (non-hydrogen) atoms. The first-order valence-corrected chi connectivity index (χ1v) is 6.73. The first-order valence-electron chi connectivity index (χ1n) is 5.91.